The number of carbonyl (C=O) groups is 1. The van der Waals surface area contributed by atoms with Gasteiger partial charge in [-0.05, 0) is 32.2 Å². The summed E-state index contributed by atoms with van der Waals surface area (Å²) in [6.45, 7) is 5.41. The third-order valence-electron chi connectivity index (χ3n) is 5.50. The van der Waals surface area contributed by atoms with Crippen molar-refractivity contribution in [1.29, 1.82) is 0 Å². The molecule has 0 atom stereocenters. The number of rotatable bonds is 2. The average Bonchev–Trinajstić information content (AvgIpc) is 3.09. The van der Waals surface area contributed by atoms with Crippen LogP contribution in [0.5, 0.6) is 0 Å². The molecule has 2 aromatic rings. The topological polar surface area (TPSA) is 57.1 Å². The van der Waals surface area contributed by atoms with Crippen LogP contribution in [-0.2, 0) is 0 Å². The first-order chi connectivity index (χ1) is 14.0. The summed E-state index contributed by atoms with van der Waals surface area (Å²) in [6, 6.07) is 16.3. The number of hydrogen-bond acceptors (Lipinski definition) is 4. The lowest BCUT2D eigenvalue weighted by Crippen LogP contribution is -2.46. The second-order valence-corrected chi connectivity index (χ2v) is 8.51. The number of likely N-dealkylation sites (tertiary alicyclic amines) is 1. The SMILES string of the molecule is CSC1=NC2(CCN(C(=O)Nc3ccc(C)cc3)CC2)N=C1c1ccc(C)cc1. The Labute approximate surface area is 176 Å². The number of nitrogens with zero attached hydrogens (tertiary/aromatic N) is 3. The van der Waals surface area contributed by atoms with E-state index in [9.17, 15) is 4.79 Å². The van der Waals surface area contributed by atoms with Gasteiger partial charge in [-0.1, -0.05) is 47.5 Å². The van der Waals surface area contributed by atoms with Crippen LogP contribution in [0.3, 0.4) is 0 Å². The predicted octanol–water partition coefficient (Wildman–Crippen LogP) is 4.89. The fraction of sp³-hybridized carbons (Fsp3) is 0.348. The highest BCUT2D eigenvalue weighted by Crippen LogP contribution is 2.35. The van der Waals surface area contributed by atoms with Crippen molar-refractivity contribution in [3.63, 3.8) is 0 Å². The average molecular weight is 407 g/mol. The van der Waals surface area contributed by atoms with Gasteiger partial charge in [-0.25, -0.2) is 9.79 Å². The van der Waals surface area contributed by atoms with Crippen molar-refractivity contribution in [3.05, 3.63) is 65.2 Å². The first kappa shape index (κ1) is 19.7. The van der Waals surface area contributed by atoms with Gasteiger partial charge in [0.1, 0.15) is 5.04 Å². The van der Waals surface area contributed by atoms with Crippen LogP contribution in [0.25, 0.3) is 0 Å². The van der Waals surface area contributed by atoms with E-state index in [1.807, 2.05) is 42.3 Å². The van der Waals surface area contributed by atoms with Crippen LogP contribution in [0.2, 0.25) is 0 Å². The lowest BCUT2D eigenvalue weighted by Gasteiger charge is -2.35. The summed E-state index contributed by atoms with van der Waals surface area (Å²) in [5, 5.41) is 3.98. The summed E-state index contributed by atoms with van der Waals surface area (Å²) < 4.78 is 0. The number of urea groups is 1. The van der Waals surface area contributed by atoms with Crippen molar-refractivity contribution in [3.8, 4) is 0 Å². The fourth-order valence-corrected chi connectivity index (χ4v) is 4.31. The first-order valence-corrected chi connectivity index (χ1v) is 11.1. The second kappa shape index (κ2) is 8.03. The lowest BCUT2D eigenvalue weighted by atomic mass is 9.98. The summed E-state index contributed by atoms with van der Waals surface area (Å²) >= 11 is 1.64. The van der Waals surface area contributed by atoms with E-state index in [2.05, 4.69) is 36.5 Å². The summed E-state index contributed by atoms with van der Waals surface area (Å²) in [5.74, 6) is 0. The van der Waals surface area contributed by atoms with Gasteiger partial charge in [-0.2, -0.15) is 0 Å². The van der Waals surface area contributed by atoms with Gasteiger partial charge in [0.05, 0.1) is 5.71 Å². The fourth-order valence-electron chi connectivity index (χ4n) is 3.70. The Hall–Kier alpha value is -2.60. The first-order valence-electron chi connectivity index (χ1n) is 9.92. The van der Waals surface area contributed by atoms with Crippen LogP contribution in [0, 0.1) is 13.8 Å². The molecule has 150 valence electrons. The van der Waals surface area contributed by atoms with Crippen molar-refractivity contribution < 1.29 is 4.79 Å². The molecule has 1 saturated heterocycles. The van der Waals surface area contributed by atoms with Gasteiger partial charge in [-0.3, -0.25) is 4.99 Å². The molecular formula is C23H26N4OS. The van der Waals surface area contributed by atoms with E-state index in [1.54, 1.807) is 11.8 Å². The number of benzene rings is 2. The molecule has 4 rings (SSSR count). The number of aryl methyl sites for hydroxylation is 2. The Kier molecular flexibility index (Phi) is 5.46. The smallest absolute Gasteiger partial charge is 0.321 e. The molecular weight excluding hydrogens is 380 g/mol. The Balaban J connectivity index is 1.45. The monoisotopic (exact) mass is 406 g/mol. The van der Waals surface area contributed by atoms with E-state index in [0.29, 0.717) is 13.1 Å². The molecule has 29 heavy (non-hydrogen) atoms. The summed E-state index contributed by atoms with van der Waals surface area (Å²) in [4.78, 5) is 24.5. The highest BCUT2D eigenvalue weighted by atomic mass is 32.2. The predicted molar refractivity (Wildman–Crippen MR) is 122 cm³/mol. The molecule has 2 aliphatic rings. The zero-order valence-electron chi connectivity index (χ0n) is 17.1. The van der Waals surface area contributed by atoms with Crippen molar-refractivity contribution >= 4 is 34.2 Å². The maximum atomic E-state index is 12.6. The molecule has 1 fully saturated rings. The van der Waals surface area contributed by atoms with Crippen LogP contribution < -0.4 is 5.32 Å². The van der Waals surface area contributed by atoms with Crippen LogP contribution in [0.15, 0.2) is 58.5 Å². The Morgan fingerprint density at radius 1 is 0.966 bits per heavy atom. The highest BCUT2D eigenvalue weighted by molar-refractivity contribution is 8.15. The maximum absolute atomic E-state index is 12.6. The van der Waals surface area contributed by atoms with Crippen molar-refractivity contribution in [2.24, 2.45) is 9.98 Å². The number of nitrogens with one attached hydrogen (secondary N) is 1. The van der Waals surface area contributed by atoms with E-state index in [0.717, 1.165) is 34.8 Å². The molecule has 2 aliphatic heterocycles. The minimum absolute atomic E-state index is 0.0569. The van der Waals surface area contributed by atoms with E-state index < -0.39 is 5.66 Å². The lowest BCUT2D eigenvalue weighted by molar-refractivity contribution is 0.175. The van der Waals surface area contributed by atoms with E-state index in [4.69, 9.17) is 9.98 Å². The zero-order chi connectivity index (χ0) is 20.4. The highest BCUT2D eigenvalue weighted by Gasteiger charge is 2.40. The molecule has 6 heteroatoms. The molecule has 0 saturated carbocycles. The summed E-state index contributed by atoms with van der Waals surface area (Å²) in [5.41, 5.74) is 4.89. The van der Waals surface area contributed by atoms with Gasteiger partial charge in [0.25, 0.3) is 0 Å². The minimum atomic E-state index is -0.431. The quantitative estimate of drug-likeness (QED) is 0.772. The normalized spacial score (nSPS) is 17.8. The number of aliphatic imine (C=N–C) groups is 2. The number of piperidine rings is 1. The number of hydrogen-bond donors (Lipinski definition) is 1. The number of thioether (sulfide) groups is 1. The number of anilines is 1. The summed E-state index contributed by atoms with van der Waals surface area (Å²) in [7, 11) is 0. The third kappa shape index (κ3) is 4.22. The minimum Gasteiger partial charge on any atom is -0.324 e. The van der Waals surface area contributed by atoms with Gasteiger partial charge in [0.15, 0.2) is 5.66 Å². The Morgan fingerprint density at radius 3 is 2.14 bits per heavy atom. The molecule has 5 nitrogen and oxygen atoms in total. The molecule has 2 heterocycles. The standard InChI is InChI=1S/C23H26N4OS/c1-16-4-8-18(9-5-16)20-21(29-3)26-23(25-20)12-14-27(15-13-23)22(28)24-19-10-6-17(2)7-11-19/h4-11H,12-15H2,1-3H3,(H,24,28). The largest absolute Gasteiger partial charge is 0.324 e. The van der Waals surface area contributed by atoms with E-state index in [-0.39, 0.29) is 6.03 Å². The van der Waals surface area contributed by atoms with Gasteiger partial charge >= 0.3 is 6.03 Å². The maximum Gasteiger partial charge on any atom is 0.321 e. The molecule has 1 spiro atoms. The molecule has 0 aromatic heterocycles. The number of amides is 2. The Bertz CT molecular complexity index is 955. The van der Waals surface area contributed by atoms with Crippen LogP contribution in [0.4, 0.5) is 10.5 Å². The van der Waals surface area contributed by atoms with Crippen molar-refractivity contribution in [1.82, 2.24) is 4.90 Å². The third-order valence-corrected chi connectivity index (χ3v) is 6.18. The van der Waals surface area contributed by atoms with Gasteiger partial charge in [0.2, 0.25) is 0 Å². The van der Waals surface area contributed by atoms with Gasteiger partial charge in [0, 0.05) is 37.2 Å². The zero-order valence-corrected chi connectivity index (χ0v) is 17.9. The second-order valence-electron chi connectivity index (χ2n) is 7.71. The summed E-state index contributed by atoms with van der Waals surface area (Å²) in [6.07, 6.45) is 3.53. The van der Waals surface area contributed by atoms with E-state index in [1.165, 1.54) is 11.1 Å². The molecule has 0 radical (unpaired) electrons. The Morgan fingerprint density at radius 2 is 1.55 bits per heavy atom. The van der Waals surface area contributed by atoms with Crippen molar-refractivity contribution in [2.45, 2.75) is 32.4 Å². The molecule has 0 bridgehead atoms. The van der Waals surface area contributed by atoms with Crippen LogP contribution in [-0.4, -0.2) is 46.7 Å². The molecule has 0 aliphatic carbocycles. The molecule has 2 aromatic carbocycles. The molecule has 1 N–H and O–H groups in total. The van der Waals surface area contributed by atoms with Crippen molar-refractivity contribution in [2.75, 3.05) is 24.7 Å². The molecule has 0 unspecified atom stereocenters. The number of carbonyl (C=O) groups excluding carboxylic acids is 1. The van der Waals surface area contributed by atoms with Gasteiger partial charge < -0.3 is 10.2 Å². The molecule has 2 amide bonds. The van der Waals surface area contributed by atoms with Crippen LogP contribution >= 0.6 is 11.8 Å². The van der Waals surface area contributed by atoms with Crippen LogP contribution in [0.1, 0.15) is 29.5 Å². The van der Waals surface area contributed by atoms with E-state index >= 15 is 0 Å². The van der Waals surface area contributed by atoms with Gasteiger partial charge in [-0.15, -0.1) is 11.8 Å².